The molecule has 0 bridgehead atoms. The van der Waals surface area contributed by atoms with Gasteiger partial charge in [-0.15, -0.1) is 0 Å². The SMILES string of the molecule is CC(C)CCCCCCCCCCCCCCCCCCC(=O)O[C@H](COC(=O)CCCCCCCCCC(C)C)COP(=O)(O)OCC(O)COP(=O)(O)OC[C@@H](COC(=O)CCCCCCCCCCCCCC(C)C)OC(=O)CCCCCCCCCCC(C)C. The number of ether oxygens (including phenoxy) is 4. The lowest BCUT2D eigenvalue weighted by Gasteiger charge is -2.21. The van der Waals surface area contributed by atoms with E-state index in [1.54, 1.807) is 0 Å². The van der Waals surface area contributed by atoms with Gasteiger partial charge in [0.2, 0.25) is 0 Å². The molecule has 3 unspecified atom stereocenters. The molecule has 0 aliphatic heterocycles. The van der Waals surface area contributed by atoms with E-state index in [4.69, 9.17) is 37.0 Å². The number of phosphoric ester groups is 2. The van der Waals surface area contributed by atoms with Crippen LogP contribution in [-0.2, 0) is 65.4 Å². The molecule has 3 N–H and O–H groups in total. The third-order valence-electron chi connectivity index (χ3n) is 17.3. The lowest BCUT2D eigenvalue weighted by molar-refractivity contribution is -0.161. The summed E-state index contributed by atoms with van der Waals surface area (Å²) in [7, 11) is -9.91. The Morgan fingerprint density at radius 1 is 0.266 bits per heavy atom. The molecule has 0 saturated carbocycles. The first-order valence-corrected chi connectivity index (χ1v) is 41.7. The molecule has 0 aromatic heterocycles. The molecule has 19 heteroatoms. The number of esters is 4. The van der Waals surface area contributed by atoms with E-state index in [1.807, 2.05) is 0 Å². The lowest BCUT2D eigenvalue weighted by atomic mass is 10.0. The Bertz CT molecular complexity index is 1850. The van der Waals surface area contributed by atoms with Gasteiger partial charge in [0.15, 0.2) is 12.2 Å². The maximum Gasteiger partial charge on any atom is 0.472 e. The van der Waals surface area contributed by atoms with Crippen LogP contribution in [0.1, 0.15) is 376 Å². The highest BCUT2D eigenvalue weighted by Crippen LogP contribution is 2.45. The predicted octanol–water partition coefficient (Wildman–Crippen LogP) is 21.7. The molecule has 0 amide bonds. The molecule has 0 heterocycles. The minimum atomic E-state index is -4.96. The highest BCUT2D eigenvalue weighted by atomic mass is 31.2. The summed E-state index contributed by atoms with van der Waals surface area (Å²) in [6.45, 7) is 14.1. The molecule has 17 nitrogen and oxygen atoms in total. The Morgan fingerprint density at radius 3 is 0.660 bits per heavy atom. The Balaban J connectivity index is 5.21. The van der Waals surface area contributed by atoms with Gasteiger partial charge in [0.1, 0.15) is 19.3 Å². The molecule has 0 rings (SSSR count). The van der Waals surface area contributed by atoms with Crippen LogP contribution in [0.2, 0.25) is 0 Å². The molecule has 0 aromatic rings. The van der Waals surface area contributed by atoms with Crippen LogP contribution in [-0.4, -0.2) is 96.7 Å². The van der Waals surface area contributed by atoms with Crippen LogP contribution in [0.4, 0.5) is 0 Å². The zero-order valence-corrected chi connectivity index (χ0v) is 63.4. The van der Waals surface area contributed by atoms with Crippen LogP contribution >= 0.6 is 15.6 Å². The standard InChI is InChI=1S/C75H146O17P2/c1-65(2)51-43-35-27-20-16-13-11-9-10-12-14-18-23-32-41-49-57-74(79)91-71(62-86-73(78)56-48-40-34-26-30-38-46-54-68(7)8)64-90-94(83,84)88-60-69(76)59-87-93(81,82)89-63-70(92-75(80)58-50-42-33-25-24-29-37-45-53-67(5)6)61-85-72(77)55-47-39-31-22-19-15-17-21-28-36-44-52-66(3)4/h65-71,76H,9-64H2,1-8H3,(H,81,82)(H,83,84)/t69?,70-,71-/m1/s1. The first-order chi connectivity index (χ1) is 45.1. The minimum absolute atomic E-state index is 0.104. The Morgan fingerprint density at radius 2 is 0.447 bits per heavy atom. The summed E-state index contributed by atoms with van der Waals surface area (Å²) < 4.78 is 68.4. The first-order valence-electron chi connectivity index (χ1n) is 38.7. The van der Waals surface area contributed by atoms with E-state index in [1.165, 1.54) is 173 Å². The molecular weight excluding hydrogens is 1230 g/mol. The smallest absolute Gasteiger partial charge is 0.462 e. The maximum atomic E-state index is 13.1. The monoisotopic (exact) mass is 1380 g/mol. The number of phosphoric acid groups is 2. The van der Waals surface area contributed by atoms with Crippen molar-refractivity contribution >= 4 is 39.5 Å². The molecule has 0 saturated heterocycles. The van der Waals surface area contributed by atoms with Gasteiger partial charge in [-0.2, -0.15) is 0 Å². The van der Waals surface area contributed by atoms with Gasteiger partial charge in [-0.3, -0.25) is 37.3 Å². The number of aliphatic hydroxyl groups is 1. The molecule has 0 spiro atoms. The highest BCUT2D eigenvalue weighted by Gasteiger charge is 2.30. The summed E-state index contributed by atoms with van der Waals surface area (Å²) >= 11 is 0. The Labute approximate surface area is 575 Å². The van der Waals surface area contributed by atoms with Crippen molar-refractivity contribution in [3.05, 3.63) is 0 Å². The largest absolute Gasteiger partial charge is 0.472 e. The van der Waals surface area contributed by atoms with Crippen LogP contribution < -0.4 is 0 Å². The van der Waals surface area contributed by atoms with Crippen molar-refractivity contribution in [3.63, 3.8) is 0 Å². The topological polar surface area (TPSA) is 237 Å². The van der Waals surface area contributed by atoms with Gasteiger partial charge in [-0.05, 0) is 49.4 Å². The van der Waals surface area contributed by atoms with Crippen molar-refractivity contribution in [1.82, 2.24) is 0 Å². The van der Waals surface area contributed by atoms with E-state index in [9.17, 15) is 43.2 Å². The number of carbonyl (C=O) groups is 4. The van der Waals surface area contributed by atoms with Crippen molar-refractivity contribution in [2.24, 2.45) is 23.7 Å². The van der Waals surface area contributed by atoms with Crippen molar-refractivity contribution in [2.75, 3.05) is 39.6 Å². The molecule has 0 radical (unpaired) electrons. The fourth-order valence-corrected chi connectivity index (χ4v) is 13.0. The summed E-state index contributed by atoms with van der Waals surface area (Å²) in [5.41, 5.74) is 0. The zero-order valence-electron chi connectivity index (χ0n) is 61.6. The van der Waals surface area contributed by atoms with Gasteiger partial charge in [-0.25, -0.2) is 9.13 Å². The van der Waals surface area contributed by atoms with Crippen molar-refractivity contribution in [3.8, 4) is 0 Å². The average Bonchev–Trinajstić information content (AvgIpc) is 1.53. The number of hydrogen-bond donors (Lipinski definition) is 3. The number of unbranched alkanes of at least 4 members (excludes halogenated alkanes) is 38. The van der Waals surface area contributed by atoms with E-state index in [2.05, 4.69) is 55.4 Å². The van der Waals surface area contributed by atoms with Crippen molar-refractivity contribution in [1.29, 1.82) is 0 Å². The second-order valence-electron chi connectivity index (χ2n) is 28.9. The van der Waals surface area contributed by atoms with Crippen LogP contribution in [0.3, 0.4) is 0 Å². The first kappa shape index (κ1) is 92.1. The fraction of sp³-hybridized carbons (Fsp3) is 0.947. The quantitative estimate of drug-likeness (QED) is 0.0222. The van der Waals surface area contributed by atoms with Gasteiger partial charge in [0, 0.05) is 25.7 Å². The number of carbonyl (C=O) groups excluding carboxylic acids is 4. The van der Waals surface area contributed by atoms with Gasteiger partial charge >= 0.3 is 39.5 Å². The Kier molecular flexibility index (Phi) is 63.1. The third-order valence-corrected chi connectivity index (χ3v) is 19.2. The summed E-state index contributed by atoms with van der Waals surface area (Å²) in [5.74, 6) is 0.879. The minimum Gasteiger partial charge on any atom is -0.462 e. The predicted molar refractivity (Wildman–Crippen MR) is 381 cm³/mol. The van der Waals surface area contributed by atoms with E-state index in [-0.39, 0.29) is 25.7 Å². The number of rotatable bonds is 72. The maximum absolute atomic E-state index is 13.1. The summed E-state index contributed by atoms with van der Waals surface area (Å²) in [5, 5.41) is 10.6. The van der Waals surface area contributed by atoms with Gasteiger partial charge < -0.3 is 33.8 Å². The molecule has 5 atom stereocenters. The number of aliphatic hydroxyl groups excluding tert-OH is 1. The molecule has 558 valence electrons. The molecule has 0 aliphatic carbocycles. The molecular formula is C75H146O17P2. The van der Waals surface area contributed by atoms with Gasteiger partial charge in [-0.1, -0.05) is 325 Å². The third kappa shape index (κ3) is 68.6. The van der Waals surface area contributed by atoms with Crippen LogP contribution in [0.25, 0.3) is 0 Å². The van der Waals surface area contributed by atoms with E-state index in [0.717, 1.165) is 114 Å². The van der Waals surface area contributed by atoms with E-state index in [0.29, 0.717) is 31.6 Å². The van der Waals surface area contributed by atoms with Crippen LogP contribution in [0, 0.1) is 23.7 Å². The van der Waals surface area contributed by atoms with Crippen LogP contribution in [0.15, 0.2) is 0 Å². The summed E-state index contributed by atoms with van der Waals surface area (Å²) in [6, 6.07) is 0. The van der Waals surface area contributed by atoms with Crippen molar-refractivity contribution < 1.29 is 80.2 Å². The summed E-state index contributed by atoms with van der Waals surface area (Å²) in [4.78, 5) is 72.7. The normalized spacial score (nSPS) is 14.2. The molecule has 0 aromatic carbocycles. The Hall–Kier alpha value is -1.94. The van der Waals surface area contributed by atoms with Crippen LogP contribution in [0.5, 0.6) is 0 Å². The molecule has 94 heavy (non-hydrogen) atoms. The average molecular weight is 1380 g/mol. The van der Waals surface area contributed by atoms with Gasteiger partial charge in [0.05, 0.1) is 26.4 Å². The van der Waals surface area contributed by atoms with E-state index < -0.39 is 97.5 Å². The fourth-order valence-electron chi connectivity index (χ4n) is 11.4. The van der Waals surface area contributed by atoms with Gasteiger partial charge in [0.25, 0.3) is 0 Å². The molecule has 0 fully saturated rings. The highest BCUT2D eigenvalue weighted by molar-refractivity contribution is 7.47. The zero-order chi connectivity index (χ0) is 69.6. The van der Waals surface area contributed by atoms with Crippen molar-refractivity contribution in [2.45, 2.75) is 395 Å². The molecule has 0 aliphatic rings. The van der Waals surface area contributed by atoms with E-state index >= 15 is 0 Å². The number of hydrogen-bond acceptors (Lipinski definition) is 15. The summed E-state index contributed by atoms with van der Waals surface area (Å²) in [6.07, 6.45) is 48.7. The second kappa shape index (κ2) is 64.4. The lowest BCUT2D eigenvalue weighted by Crippen LogP contribution is -2.30. The second-order valence-corrected chi connectivity index (χ2v) is 31.9.